The quantitative estimate of drug-likeness (QED) is 0.813. The van der Waals surface area contributed by atoms with Gasteiger partial charge in [0.05, 0.1) is 11.9 Å². The molecule has 1 amide bonds. The van der Waals surface area contributed by atoms with Crippen LogP contribution in [0.1, 0.15) is 37.7 Å². The Morgan fingerprint density at radius 2 is 2.04 bits per heavy atom. The van der Waals surface area contributed by atoms with Gasteiger partial charge in [0, 0.05) is 46.1 Å². The number of Topliss-reactive ketones (excluding diaryl/α,β-unsaturated/α-hetero) is 1. The van der Waals surface area contributed by atoms with Gasteiger partial charge in [0.25, 0.3) is 5.91 Å². The van der Waals surface area contributed by atoms with Gasteiger partial charge in [0.15, 0.2) is 5.78 Å². The molecule has 2 aliphatic rings. The van der Waals surface area contributed by atoms with Crippen LogP contribution in [0.15, 0.2) is 71.3 Å². The fourth-order valence-electron chi connectivity index (χ4n) is 3.94. The van der Waals surface area contributed by atoms with Crippen LogP contribution < -0.4 is 10.6 Å². The first kappa shape index (κ1) is 18.4. The van der Waals surface area contributed by atoms with E-state index >= 15 is 0 Å². The molecule has 1 atom stereocenters. The van der Waals surface area contributed by atoms with Gasteiger partial charge < -0.3 is 10.6 Å². The predicted octanol–water partition coefficient (Wildman–Crippen LogP) is 4.34. The highest BCUT2D eigenvalue weighted by Crippen LogP contribution is 2.44. The summed E-state index contributed by atoms with van der Waals surface area (Å²) in [7, 11) is 0. The Hall–Kier alpha value is -2.92. The number of pyridine rings is 1. The average Bonchev–Trinajstić information content (AvgIpc) is 2.68. The molecule has 1 aromatic heterocycles. The van der Waals surface area contributed by atoms with Gasteiger partial charge in [-0.3, -0.25) is 14.6 Å². The minimum absolute atomic E-state index is 0.0675. The molecule has 1 aliphatic carbocycles. The lowest BCUT2D eigenvalue weighted by molar-refractivity contribution is -0.116. The van der Waals surface area contributed by atoms with Crippen LogP contribution in [0.5, 0.6) is 0 Å². The molecule has 0 unspecified atom stereocenters. The number of ketones is 1. The van der Waals surface area contributed by atoms with Crippen molar-refractivity contribution in [1.29, 1.82) is 0 Å². The standard InChI is InChI=1S/C22H20ClN3O2/c1-13-19(22(28)26-14-6-5-11-24-12-14)20(15-7-2-3-8-16(15)23)21-17(25-13)9-4-10-18(21)27/h2-3,5-8,11-12,20,25H,4,9-10H2,1H3,(H,26,28)/t20-/m0/s1. The summed E-state index contributed by atoms with van der Waals surface area (Å²) in [4.78, 5) is 30.1. The van der Waals surface area contributed by atoms with Crippen molar-refractivity contribution in [3.8, 4) is 0 Å². The molecular formula is C22H20ClN3O2. The van der Waals surface area contributed by atoms with Gasteiger partial charge in [-0.05, 0) is 43.5 Å². The van der Waals surface area contributed by atoms with Gasteiger partial charge in [0.1, 0.15) is 0 Å². The number of carbonyl (C=O) groups is 2. The lowest BCUT2D eigenvalue weighted by Crippen LogP contribution is -2.35. The molecule has 0 fully saturated rings. The Morgan fingerprint density at radius 1 is 1.21 bits per heavy atom. The van der Waals surface area contributed by atoms with Crippen LogP contribution in [0, 0.1) is 0 Å². The first-order chi connectivity index (χ1) is 13.6. The summed E-state index contributed by atoms with van der Waals surface area (Å²) in [6, 6.07) is 10.9. The largest absolute Gasteiger partial charge is 0.362 e. The van der Waals surface area contributed by atoms with Crippen LogP contribution in [-0.4, -0.2) is 16.7 Å². The predicted molar refractivity (Wildman–Crippen MR) is 109 cm³/mol. The van der Waals surface area contributed by atoms with Crippen molar-refractivity contribution in [3.63, 3.8) is 0 Å². The number of rotatable bonds is 3. The maximum absolute atomic E-state index is 13.2. The van der Waals surface area contributed by atoms with Crippen LogP contribution >= 0.6 is 11.6 Å². The third-order valence-electron chi connectivity index (χ3n) is 5.16. The second-order valence-electron chi connectivity index (χ2n) is 6.98. The van der Waals surface area contributed by atoms with Gasteiger partial charge in [-0.2, -0.15) is 0 Å². The third kappa shape index (κ3) is 3.34. The minimum Gasteiger partial charge on any atom is -0.362 e. The number of aromatic nitrogens is 1. The number of nitrogens with zero attached hydrogens (tertiary/aromatic N) is 1. The maximum Gasteiger partial charge on any atom is 0.254 e. The van der Waals surface area contributed by atoms with E-state index in [0.29, 0.717) is 28.3 Å². The Kier molecular flexibility index (Phi) is 5.01. The molecule has 0 saturated heterocycles. The maximum atomic E-state index is 13.2. The minimum atomic E-state index is -0.491. The molecule has 2 N–H and O–H groups in total. The molecule has 0 bridgehead atoms. The SMILES string of the molecule is CC1=C(C(=O)Nc2cccnc2)[C@H](c2ccccc2Cl)C2=C(CCCC2=O)N1. The highest BCUT2D eigenvalue weighted by atomic mass is 35.5. The lowest BCUT2D eigenvalue weighted by Gasteiger charge is -2.34. The highest BCUT2D eigenvalue weighted by Gasteiger charge is 2.39. The van der Waals surface area contributed by atoms with Crippen molar-refractivity contribution < 1.29 is 9.59 Å². The number of allylic oxidation sites excluding steroid dienone is 3. The van der Waals surface area contributed by atoms with Crippen LogP contribution in [0.3, 0.4) is 0 Å². The Bertz CT molecular complexity index is 1010. The van der Waals surface area contributed by atoms with Crippen molar-refractivity contribution in [2.75, 3.05) is 5.32 Å². The molecule has 0 spiro atoms. The topological polar surface area (TPSA) is 71.1 Å². The van der Waals surface area contributed by atoms with E-state index in [1.807, 2.05) is 25.1 Å². The summed E-state index contributed by atoms with van der Waals surface area (Å²) >= 11 is 6.50. The van der Waals surface area contributed by atoms with E-state index in [1.54, 1.807) is 30.6 Å². The molecule has 1 aromatic carbocycles. The van der Waals surface area contributed by atoms with Gasteiger partial charge in [0.2, 0.25) is 0 Å². The van der Waals surface area contributed by atoms with Crippen molar-refractivity contribution in [3.05, 3.63) is 81.9 Å². The molecule has 0 saturated carbocycles. The second kappa shape index (κ2) is 7.60. The second-order valence-corrected chi connectivity index (χ2v) is 7.39. The molecule has 0 radical (unpaired) electrons. The molecule has 142 valence electrons. The lowest BCUT2D eigenvalue weighted by atomic mass is 9.75. The molecule has 6 heteroatoms. The highest BCUT2D eigenvalue weighted by molar-refractivity contribution is 6.31. The zero-order valence-electron chi connectivity index (χ0n) is 15.5. The molecule has 28 heavy (non-hydrogen) atoms. The molecule has 4 rings (SSSR count). The third-order valence-corrected chi connectivity index (χ3v) is 5.50. The normalized spacial score (nSPS) is 19.2. The summed E-state index contributed by atoms with van der Waals surface area (Å²) in [5, 5.41) is 6.74. The number of dihydropyridines is 1. The van der Waals surface area contributed by atoms with Gasteiger partial charge >= 0.3 is 0 Å². The van der Waals surface area contributed by atoms with Gasteiger partial charge in [-0.1, -0.05) is 29.8 Å². The van der Waals surface area contributed by atoms with E-state index in [1.165, 1.54) is 0 Å². The fourth-order valence-corrected chi connectivity index (χ4v) is 4.18. The number of hydrogen-bond acceptors (Lipinski definition) is 4. The number of benzene rings is 1. The number of amides is 1. The first-order valence-corrected chi connectivity index (χ1v) is 9.64. The average molecular weight is 394 g/mol. The van der Waals surface area contributed by atoms with E-state index in [4.69, 9.17) is 11.6 Å². The first-order valence-electron chi connectivity index (χ1n) is 9.26. The zero-order chi connectivity index (χ0) is 19.7. The van der Waals surface area contributed by atoms with Crippen LogP contribution in [0.25, 0.3) is 0 Å². The molecule has 2 heterocycles. The van der Waals surface area contributed by atoms with Crippen molar-refractivity contribution in [2.24, 2.45) is 0 Å². The monoisotopic (exact) mass is 393 g/mol. The number of hydrogen-bond donors (Lipinski definition) is 2. The van der Waals surface area contributed by atoms with Crippen LogP contribution in [0.4, 0.5) is 5.69 Å². The smallest absolute Gasteiger partial charge is 0.254 e. The van der Waals surface area contributed by atoms with E-state index < -0.39 is 5.92 Å². The molecule has 1 aliphatic heterocycles. The van der Waals surface area contributed by atoms with E-state index in [2.05, 4.69) is 15.6 Å². The summed E-state index contributed by atoms with van der Waals surface area (Å²) < 4.78 is 0. The number of nitrogens with one attached hydrogen (secondary N) is 2. The van der Waals surface area contributed by atoms with Crippen molar-refractivity contribution in [2.45, 2.75) is 32.1 Å². The Balaban J connectivity index is 1.82. The summed E-state index contributed by atoms with van der Waals surface area (Å²) in [5.41, 5.74) is 4.16. The van der Waals surface area contributed by atoms with Crippen molar-refractivity contribution in [1.82, 2.24) is 10.3 Å². The van der Waals surface area contributed by atoms with Crippen LogP contribution in [0.2, 0.25) is 5.02 Å². The van der Waals surface area contributed by atoms with E-state index in [9.17, 15) is 9.59 Å². The molecule has 5 nitrogen and oxygen atoms in total. The number of halogens is 1. The Labute approximate surface area is 168 Å². The van der Waals surface area contributed by atoms with E-state index in [0.717, 1.165) is 29.8 Å². The molecular weight excluding hydrogens is 374 g/mol. The summed E-state index contributed by atoms with van der Waals surface area (Å²) in [6.07, 6.45) is 5.32. The summed E-state index contributed by atoms with van der Waals surface area (Å²) in [5.74, 6) is -0.694. The van der Waals surface area contributed by atoms with Crippen molar-refractivity contribution >= 4 is 29.0 Å². The van der Waals surface area contributed by atoms with Gasteiger partial charge in [-0.15, -0.1) is 0 Å². The number of carbonyl (C=O) groups excluding carboxylic acids is 2. The zero-order valence-corrected chi connectivity index (χ0v) is 16.2. The fraction of sp³-hybridized carbons (Fsp3) is 0.227. The van der Waals surface area contributed by atoms with Crippen LogP contribution in [-0.2, 0) is 9.59 Å². The number of anilines is 1. The Morgan fingerprint density at radius 3 is 2.79 bits per heavy atom. The molecule has 2 aromatic rings. The van der Waals surface area contributed by atoms with E-state index in [-0.39, 0.29) is 11.7 Å². The van der Waals surface area contributed by atoms with Gasteiger partial charge in [-0.25, -0.2) is 0 Å². The summed E-state index contributed by atoms with van der Waals surface area (Å²) in [6.45, 7) is 1.87.